The minimum absolute atomic E-state index is 1.00. The van der Waals surface area contributed by atoms with Crippen LogP contribution in [-0.2, 0) is 0 Å². The number of nitrogens with zero attached hydrogens (tertiary/aromatic N) is 1. The van der Waals surface area contributed by atoms with Crippen LogP contribution >= 0.6 is 0 Å². The van der Waals surface area contributed by atoms with E-state index in [0.29, 0.717) is 0 Å². The maximum atomic E-state index is 7.00. The SMILES string of the molecule is CC.CO.Cc1cc(C)nc(C)c1.c1ccccc1. The van der Waals surface area contributed by atoms with Gasteiger partial charge in [-0.25, -0.2) is 0 Å². The van der Waals surface area contributed by atoms with Crippen LogP contribution in [0.4, 0.5) is 0 Å². The molecule has 0 amide bonds. The average Bonchev–Trinajstić information content (AvgIpc) is 2.44. The van der Waals surface area contributed by atoms with Crippen molar-refractivity contribution in [1.29, 1.82) is 0 Å². The first-order valence-corrected chi connectivity index (χ1v) is 6.55. The fourth-order valence-corrected chi connectivity index (χ4v) is 1.43. The molecule has 1 heterocycles. The van der Waals surface area contributed by atoms with E-state index < -0.39 is 0 Å². The number of hydrogen-bond donors (Lipinski definition) is 1. The lowest BCUT2D eigenvalue weighted by molar-refractivity contribution is 0.399. The van der Waals surface area contributed by atoms with E-state index in [-0.39, 0.29) is 0 Å². The number of rotatable bonds is 0. The van der Waals surface area contributed by atoms with Gasteiger partial charge in [0, 0.05) is 18.5 Å². The lowest BCUT2D eigenvalue weighted by Gasteiger charge is -1.96. The van der Waals surface area contributed by atoms with Gasteiger partial charge in [0.25, 0.3) is 0 Å². The maximum Gasteiger partial charge on any atom is 0.0378 e. The highest BCUT2D eigenvalue weighted by molar-refractivity contribution is 5.18. The molecule has 2 rings (SSSR count). The molecule has 1 N–H and O–H groups in total. The summed E-state index contributed by atoms with van der Waals surface area (Å²) in [7, 11) is 1.00. The van der Waals surface area contributed by atoms with Crippen LogP contribution in [0.1, 0.15) is 30.8 Å². The molecule has 19 heavy (non-hydrogen) atoms. The monoisotopic (exact) mass is 261 g/mol. The molecule has 0 saturated heterocycles. The topological polar surface area (TPSA) is 33.1 Å². The van der Waals surface area contributed by atoms with Crippen molar-refractivity contribution in [3.05, 3.63) is 65.5 Å². The number of aryl methyl sites for hydroxylation is 3. The zero-order valence-corrected chi connectivity index (χ0v) is 13.0. The van der Waals surface area contributed by atoms with Crippen molar-refractivity contribution in [3.8, 4) is 0 Å². The number of benzene rings is 1. The van der Waals surface area contributed by atoms with Gasteiger partial charge in [0.2, 0.25) is 0 Å². The highest BCUT2D eigenvalue weighted by Crippen LogP contribution is 2.01. The number of hydrogen-bond acceptors (Lipinski definition) is 2. The van der Waals surface area contributed by atoms with Crippen molar-refractivity contribution in [2.75, 3.05) is 7.11 Å². The molecule has 0 spiro atoms. The van der Waals surface area contributed by atoms with Crippen LogP contribution in [0, 0.1) is 20.8 Å². The van der Waals surface area contributed by atoms with Gasteiger partial charge in [-0.15, -0.1) is 0 Å². The fraction of sp³-hybridized carbons (Fsp3) is 0.353. The van der Waals surface area contributed by atoms with Gasteiger partial charge in [-0.3, -0.25) is 4.98 Å². The van der Waals surface area contributed by atoms with Crippen molar-refractivity contribution in [2.45, 2.75) is 34.6 Å². The van der Waals surface area contributed by atoms with E-state index in [1.165, 1.54) is 5.56 Å². The van der Waals surface area contributed by atoms with Crippen LogP contribution in [0.25, 0.3) is 0 Å². The predicted octanol–water partition coefficient (Wildman–Crippen LogP) is 4.33. The van der Waals surface area contributed by atoms with Crippen LogP contribution in [0.3, 0.4) is 0 Å². The fourth-order valence-electron chi connectivity index (χ4n) is 1.43. The molecule has 106 valence electrons. The predicted molar refractivity (Wildman–Crippen MR) is 84.4 cm³/mol. The summed E-state index contributed by atoms with van der Waals surface area (Å²) in [6.07, 6.45) is 0. The quantitative estimate of drug-likeness (QED) is 0.765. The normalized spacial score (nSPS) is 7.74. The Morgan fingerprint density at radius 3 is 1.16 bits per heavy atom. The van der Waals surface area contributed by atoms with Gasteiger partial charge in [0.05, 0.1) is 0 Å². The molecule has 0 radical (unpaired) electrons. The summed E-state index contributed by atoms with van der Waals surface area (Å²) in [6.45, 7) is 10.1. The van der Waals surface area contributed by atoms with E-state index in [4.69, 9.17) is 5.11 Å². The van der Waals surface area contributed by atoms with Crippen molar-refractivity contribution in [1.82, 2.24) is 4.98 Å². The molecule has 2 heteroatoms. The van der Waals surface area contributed by atoms with Crippen LogP contribution < -0.4 is 0 Å². The van der Waals surface area contributed by atoms with Gasteiger partial charge in [0.1, 0.15) is 0 Å². The summed E-state index contributed by atoms with van der Waals surface area (Å²) in [5.74, 6) is 0. The zero-order chi connectivity index (χ0) is 15.1. The third-order valence-electron chi connectivity index (χ3n) is 1.89. The molecular formula is C17H27NO. The van der Waals surface area contributed by atoms with Crippen LogP contribution in [0.5, 0.6) is 0 Å². The molecule has 0 atom stereocenters. The summed E-state index contributed by atoms with van der Waals surface area (Å²) >= 11 is 0. The highest BCUT2D eigenvalue weighted by Gasteiger charge is 1.88. The molecule has 1 aromatic carbocycles. The number of pyridine rings is 1. The second-order valence-corrected chi connectivity index (χ2v) is 3.58. The number of aliphatic hydroxyl groups excluding tert-OH is 1. The molecule has 2 aromatic rings. The van der Waals surface area contributed by atoms with Crippen LogP contribution in [0.2, 0.25) is 0 Å². The van der Waals surface area contributed by atoms with Gasteiger partial charge in [0.15, 0.2) is 0 Å². The molecule has 0 aliphatic rings. The molecular weight excluding hydrogens is 234 g/mol. The molecule has 0 unspecified atom stereocenters. The average molecular weight is 261 g/mol. The lowest BCUT2D eigenvalue weighted by atomic mass is 10.2. The van der Waals surface area contributed by atoms with Crippen LogP contribution in [-0.4, -0.2) is 17.2 Å². The molecule has 0 saturated carbocycles. The summed E-state index contributed by atoms with van der Waals surface area (Å²) < 4.78 is 0. The Hall–Kier alpha value is -1.67. The van der Waals surface area contributed by atoms with Gasteiger partial charge in [-0.05, 0) is 38.5 Å². The van der Waals surface area contributed by atoms with Crippen molar-refractivity contribution in [2.24, 2.45) is 0 Å². The summed E-state index contributed by atoms with van der Waals surface area (Å²) in [5, 5.41) is 7.00. The highest BCUT2D eigenvalue weighted by atomic mass is 16.2. The van der Waals surface area contributed by atoms with Crippen molar-refractivity contribution < 1.29 is 5.11 Å². The lowest BCUT2D eigenvalue weighted by Crippen LogP contribution is -1.85. The van der Waals surface area contributed by atoms with Crippen molar-refractivity contribution in [3.63, 3.8) is 0 Å². The second kappa shape index (κ2) is 14.4. The molecule has 1 aromatic heterocycles. The van der Waals surface area contributed by atoms with Crippen LogP contribution in [0.15, 0.2) is 48.5 Å². The second-order valence-electron chi connectivity index (χ2n) is 3.58. The van der Waals surface area contributed by atoms with E-state index in [1.807, 2.05) is 64.1 Å². The third-order valence-corrected chi connectivity index (χ3v) is 1.89. The first kappa shape index (κ1) is 19.7. The standard InChI is InChI=1S/C8H11N.C6H6.C2H6.CH4O/c1-6-4-7(2)9-8(3)5-6;1-2-4-6-5-3-1;2*1-2/h4-5H,1-3H3;1-6H;1-2H3;2H,1H3. The first-order valence-electron chi connectivity index (χ1n) is 6.55. The Morgan fingerprint density at radius 2 is 0.947 bits per heavy atom. The Morgan fingerprint density at radius 1 is 0.684 bits per heavy atom. The minimum Gasteiger partial charge on any atom is -0.400 e. The molecule has 2 nitrogen and oxygen atoms in total. The number of aliphatic hydroxyl groups is 1. The minimum atomic E-state index is 1.00. The first-order chi connectivity index (χ1) is 9.18. The molecule has 0 bridgehead atoms. The van der Waals surface area contributed by atoms with E-state index >= 15 is 0 Å². The van der Waals surface area contributed by atoms with Gasteiger partial charge in [-0.2, -0.15) is 0 Å². The zero-order valence-electron chi connectivity index (χ0n) is 13.0. The largest absolute Gasteiger partial charge is 0.400 e. The third kappa shape index (κ3) is 12.6. The summed E-state index contributed by atoms with van der Waals surface area (Å²) in [6, 6.07) is 16.2. The Bertz CT molecular complexity index is 322. The maximum absolute atomic E-state index is 7.00. The van der Waals surface area contributed by atoms with Gasteiger partial charge < -0.3 is 5.11 Å². The summed E-state index contributed by atoms with van der Waals surface area (Å²) in [5.41, 5.74) is 3.50. The molecule has 0 aliphatic carbocycles. The van der Waals surface area contributed by atoms with E-state index in [2.05, 4.69) is 24.0 Å². The Labute approximate surface area is 118 Å². The van der Waals surface area contributed by atoms with Gasteiger partial charge in [-0.1, -0.05) is 50.2 Å². The Balaban J connectivity index is 0. The number of aromatic nitrogens is 1. The van der Waals surface area contributed by atoms with E-state index in [0.717, 1.165) is 18.5 Å². The van der Waals surface area contributed by atoms with Gasteiger partial charge >= 0.3 is 0 Å². The smallest absolute Gasteiger partial charge is 0.0378 e. The molecule has 0 aliphatic heterocycles. The Kier molecular flexibility index (Phi) is 14.9. The summed E-state index contributed by atoms with van der Waals surface area (Å²) in [4.78, 5) is 4.23. The van der Waals surface area contributed by atoms with E-state index in [1.54, 1.807) is 0 Å². The van der Waals surface area contributed by atoms with E-state index in [9.17, 15) is 0 Å². The molecule has 0 fully saturated rings. The van der Waals surface area contributed by atoms with Crippen molar-refractivity contribution >= 4 is 0 Å².